The lowest BCUT2D eigenvalue weighted by molar-refractivity contribution is -0.133. The van der Waals surface area contributed by atoms with Crippen molar-refractivity contribution in [2.24, 2.45) is 4.99 Å². The first kappa shape index (κ1) is 23.1. The first-order valence-electron chi connectivity index (χ1n) is 10.6. The van der Waals surface area contributed by atoms with Gasteiger partial charge >= 0.3 is 12.1 Å². The monoisotopic (exact) mass is 435 g/mol. The largest absolute Gasteiger partial charge is 0.478 e. The molecule has 32 heavy (non-hydrogen) atoms. The number of hydrogen-bond donors (Lipinski definition) is 2. The number of carboxylic acid groups (broad SMARTS) is 1. The van der Waals surface area contributed by atoms with Crippen LogP contribution in [0, 0.1) is 0 Å². The number of nitrogens with zero attached hydrogens (tertiary/aromatic N) is 2. The van der Waals surface area contributed by atoms with Crippen LogP contribution < -0.4 is 5.32 Å². The van der Waals surface area contributed by atoms with E-state index < -0.39 is 17.7 Å². The van der Waals surface area contributed by atoms with Crippen LogP contribution in [0.5, 0.6) is 0 Å². The van der Waals surface area contributed by atoms with Crippen molar-refractivity contribution in [2.75, 3.05) is 13.1 Å². The molecule has 0 saturated heterocycles. The molecule has 7 nitrogen and oxygen atoms in total. The SMILES string of the molecule is CC(C)(C)OC(=O)N1CCC(NC=NC(c2ccccc2)c2ccccc2)=C(C(=O)O)C1. The van der Waals surface area contributed by atoms with Crippen LogP contribution in [-0.4, -0.2) is 47.1 Å². The fraction of sp³-hybridized carbons (Fsp3) is 0.320. The molecule has 0 unspecified atom stereocenters. The van der Waals surface area contributed by atoms with Crippen LogP contribution in [0.1, 0.15) is 44.4 Å². The summed E-state index contributed by atoms with van der Waals surface area (Å²) in [5.41, 5.74) is 2.09. The maximum atomic E-state index is 12.3. The fourth-order valence-electron chi connectivity index (χ4n) is 3.43. The van der Waals surface area contributed by atoms with Crippen LogP contribution in [-0.2, 0) is 9.53 Å². The molecule has 1 aliphatic rings. The Bertz CT molecular complexity index is 955. The Kier molecular flexibility index (Phi) is 7.30. The number of rotatable bonds is 6. The van der Waals surface area contributed by atoms with Crippen LogP contribution in [0.3, 0.4) is 0 Å². The van der Waals surface area contributed by atoms with E-state index in [2.05, 4.69) is 10.3 Å². The summed E-state index contributed by atoms with van der Waals surface area (Å²) in [6, 6.07) is 19.6. The van der Waals surface area contributed by atoms with Crippen LogP contribution in [0.2, 0.25) is 0 Å². The molecule has 0 aromatic heterocycles. The van der Waals surface area contributed by atoms with Gasteiger partial charge in [-0.25, -0.2) is 9.59 Å². The average molecular weight is 436 g/mol. The molecule has 2 aromatic rings. The first-order valence-corrected chi connectivity index (χ1v) is 10.6. The van der Waals surface area contributed by atoms with E-state index in [0.717, 1.165) is 11.1 Å². The second kappa shape index (κ2) is 10.1. The molecule has 3 rings (SSSR count). The molecule has 0 atom stereocenters. The van der Waals surface area contributed by atoms with E-state index in [-0.39, 0.29) is 18.2 Å². The Balaban J connectivity index is 1.77. The summed E-state index contributed by atoms with van der Waals surface area (Å²) in [5, 5.41) is 12.7. The zero-order valence-electron chi connectivity index (χ0n) is 18.6. The molecule has 0 spiro atoms. The molecule has 0 fully saturated rings. The van der Waals surface area contributed by atoms with Gasteiger partial charge in [-0.2, -0.15) is 0 Å². The predicted molar refractivity (Wildman–Crippen MR) is 123 cm³/mol. The number of ether oxygens (including phenoxy) is 1. The maximum Gasteiger partial charge on any atom is 0.410 e. The van der Waals surface area contributed by atoms with Gasteiger partial charge in [-0.15, -0.1) is 0 Å². The van der Waals surface area contributed by atoms with Gasteiger partial charge in [0.15, 0.2) is 0 Å². The number of carbonyl (C=O) groups is 2. The number of nitrogens with one attached hydrogen (secondary N) is 1. The molecule has 0 aliphatic carbocycles. The van der Waals surface area contributed by atoms with E-state index in [4.69, 9.17) is 4.74 Å². The molecule has 0 bridgehead atoms. The van der Waals surface area contributed by atoms with Gasteiger partial charge in [0, 0.05) is 18.7 Å². The Morgan fingerprint density at radius 2 is 1.62 bits per heavy atom. The molecule has 0 radical (unpaired) electrons. The van der Waals surface area contributed by atoms with Crippen molar-refractivity contribution < 1.29 is 19.4 Å². The number of amides is 1. The Morgan fingerprint density at radius 1 is 1.06 bits per heavy atom. The summed E-state index contributed by atoms with van der Waals surface area (Å²) in [5.74, 6) is -1.07. The molecule has 2 aromatic carbocycles. The van der Waals surface area contributed by atoms with E-state index in [1.807, 2.05) is 60.7 Å². The average Bonchev–Trinajstić information content (AvgIpc) is 2.76. The number of hydrogen-bond acceptors (Lipinski definition) is 4. The van der Waals surface area contributed by atoms with E-state index >= 15 is 0 Å². The molecule has 1 heterocycles. The topological polar surface area (TPSA) is 91.2 Å². The van der Waals surface area contributed by atoms with Gasteiger partial charge in [0.1, 0.15) is 11.6 Å². The summed E-state index contributed by atoms with van der Waals surface area (Å²) in [6.45, 7) is 5.68. The molecule has 7 heteroatoms. The highest BCUT2D eigenvalue weighted by molar-refractivity contribution is 5.89. The summed E-state index contributed by atoms with van der Waals surface area (Å²) in [4.78, 5) is 30.3. The highest BCUT2D eigenvalue weighted by atomic mass is 16.6. The number of aliphatic imine (C=N–C) groups is 1. The summed E-state index contributed by atoms with van der Waals surface area (Å²) in [7, 11) is 0. The molecule has 168 valence electrons. The number of carboxylic acids is 1. The third kappa shape index (κ3) is 6.20. The van der Waals surface area contributed by atoms with Crippen molar-refractivity contribution in [1.82, 2.24) is 10.2 Å². The van der Waals surface area contributed by atoms with Gasteiger partial charge in [-0.1, -0.05) is 60.7 Å². The first-order chi connectivity index (χ1) is 15.2. The zero-order chi connectivity index (χ0) is 23.1. The molecule has 0 saturated carbocycles. The minimum absolute atomic E-state index is 0.0266. The van der Waals surface area contributed by atoms with Crippen molar-refractivity contribution in [3.63, 3.8) is 0 Å². The maximum absolute atomic E-state index is 12.3. The van der Waals surface area contributed by atoms with Crippen molar-refractivity contribution in [1.29, 1.82) is 0 Å². The standard InChI is InChI=1S/C25H29N3O4/c1-25(2,3)32-24(31)28-15-14-21(20(16-28)23(29)30)26-17-27-22(18-10-6-4-7-11-18)19-12-8-5-9-13-19/h4-13,17,22H,14-16H2,1-3H3,(H,26,27)(H,29,30). The van der Waals surface area contributed by atoms with E-state index in [1.165, 1.54) is 4.90 Å². The Morgan fingerprint density at radius 3 is 2.12 bits per heavy atom. The van der Waals surface area contributed by atoms with Crippen LogP contribution >= 0.6 is 0 Å². The van der Waals surface area contributed by atoms with Crippen molar-refractivity contribution >= 4 is 18.4 Å². The van der Waals surface area contributed by atoms with Gasteiger partial charge < -0.3 is 20.1 Å². The van der Waals surface area contributed by atoms with Gasteiger partial charge in [0.2, 0.25) is 0 Å². The lowest BCUT2D eigenvalue weighted by atomic mass is 9.99. The predicted octanol–water partition coefficient (Wildman–Crippen LogP) is 4.37. The van der Waals surface area contributed by atoms with Crippen LogP contribution in [0.4, 0.5) is 4.79 Å². The highest BCUT2D eigenvalue weighted by Gasteiger charge is 2.29. The molecule has 1 aliphatic heterocycles. The number of carbonyl (C=O) groups excluding carboxylic acids is 1. The summed E-state index contributed by atoms with van der Waals surface area (Å²) < 4.78 is 5.38. The Hall–Kier alpha value is -3.61. The van der Waals surface area contributed by atoms with E-state index in [0.29, 0.717) is 18.7 Å². The molecule has 1 amide bonds. The number of aliphatic carboxylic acids is 1. The minimum Gasteiger partial charge on any atom is -0.478 e. The van der Waals surface area contributed by atoms with Crippen molar-refractivity contribution in [3.8, 4) is 0 Å². The minimum atomic E-state index is -1.07. The Labute approximate surface area is 188 Å². The quantitative estimate of drug-likeness (QED) is 0.519. The molecular formula is C25H29N3O4. The van der Waals surface area contributed by atoms with Gasteiger partial charge in [0.25, 0.3) is 0 Å². The highest BCUT2D eigenvalue weighted by Crippen LogP contribution is 2.25. The second-order valence-corrected chi connectivity index (χ2v) is 8.56. The number of benzene rings is 2. The third-order valence-corrected chi connectivity index (χ3v) is 4.95. The van der Waals surface area contributed by atoms with Crippen molar-refractivity contribution in [2.45, 2.75) is 38.8 Å². The van der Waals surface area contributed by atoms with E-state index in [9.17, 15) is 14.7 Å². The normalized spacial score (nSPS) is 14.7. The molecular weight excluding hydrogens is 406 g/mol. The smallest absolute Gasteiger partial charge is 0.410 e. The lowest BCUT2D eigenvalue weighted by Gasteiger charge is -2.31. The third-order valence-electron chi connectivity index (χ3n) is 4.95. The van der Waals surface area contributed by atoms with Gasteiger partial charge in [0.05, 0.1) is 18.5 Å². The molecule has 2 N–H and O–H groups in total. The van der Waals surface area contributed by atoms with Crippen LogP contribution in [0.25, 0.3) is 0 Å². The van der Waals surface area contributed by atoms with Gasteiger partial charge in [-0.3, -0.25) is 4.99 Å². The van der Waals surface area contributed by atoms with Crippen molar-refractivity contribution in [3.05, 3.63) is 83.1 Å². The summed E-state index contributed by atoms with van der Waals surface area (Å²) in [6.07, 6.45) is 1.40. The van der Waals surface area contributed by atoms with Gasteiger partial charge in [-0.05, 0) is 31.9 Å². The second-order valence-electron chi connectivity index (χ2n) is 8.56. The summed E-state index contributed by atoms with van der Waals surface area (Å²) >= 11 is 0. The van der Waals surface area contributed by atoms with Crippen LogP contribution in [0.15, 0.2) is 76.9 Å². The fourth-order valence-corrected chi connectivity index (χ4v) is 3.43. The lowest BCUT2D eigenvalue weighted by Crippen LogP contribution is -2.43. The van der Waals surface area contributed by atoms with E-state index in [1.54, 1.807) is 27.1 Å². The zero-order valence-corrected chi connectivity index (χ0v) is 18.6.